The lowest BCUT2D eigenvalue weighted by atomic mass is 10.1. The fraction of sp³-hybridized carbons (Fsp3) is 0.543. The van der Waals surface area contributed by atoms with Gasteiger partial charge >= 0.3 is 6.09 Å². The van der Waals surface area contributed by atoms with Crippen LogP contribution in [0, 0.1) is 18.1 Å². The molecule has 2 amide bonds. The number of aromatic nitrogens is 3. The highest BCUT2D eigenvalue weighted by Gasteiger charge is 2.33. The number of amides is 2. The molecule has 8 nitrogen and oxygen atoms in total. The zero-order valence-electron chi connectivity index (χ0n) is 29.2. The molecule has 0 spiro atoms. The van der Waals surface area contributed by atoms with Gasteiger partial charge in [0.15, 0.2) is 0 Å². The molecule has 244 valence electrons. The van der Waals surface area contributed by atoms with E-state index >= 15 is 0 Å². The van der Waals surface area contributed by atoms with Crippen molar-refractivity contribution in [3.63, 3.8) is 0 Å². The average molecular weight is 626 g/mol. The van der Waals surface area contributed by atoms with E-state index in [4.69, 9.17) is 9.72 Å². The van der Waals surface area contributed by atoms with Gasteiger partial charge in [-0.3, -0.25) is 14.1 Å². The highest BCUT2D eigenvalue weighted by Crippen LogP contribution is 2.59. The van der Waals surface area contributed by atoms with Crippen molar-refractivity contribution in [3.8, 4) is 22.4 Å². The second-order valence-electron chi connectivity index (χ2n) is 12.5. The minimum atomic E-state index is -1.30. The Morgan fingerprint density at radius 1 is 1.02 bits per heavy atom. The van der Waals surface area contributed by atoms with Gasteiger partial charge in [0.05, 0.1) is 11.9 Å². The molecule has 9 heteroatoms. The molecule has 1 unspecified atom stereocenters. The number of imidazole rings is 1. The second-order valence-corrected chi connectivity index (χ2v) is 17.1. The van der Waals surface area contributed by atoms with Crippen LogP contribution in [0.3, 0.4) is 0 Å². The van der Waals surface area contributed by atoms with Gasteiger partial charge in [0.1, 0.15) is 28.8 Å². The Balaban J connectivity index is 0.00000331. The quantitative estimate of drug-likeness (QED) is 0.266. The van der Waals surface area contributed by atoms with E-state index in [0.29, 0.717) is 27.3 Å². The van der Waals surface area contributed by atoms with Crippen LogP contribution in [0.25, 0.3) is 16.9 Å². The van der Waals surface area contributed by atoms with Crippen LogP contribution >= 0.6 is 10.0 Å². The fourth-order valence-corrected chi connectivity index (χ4v) is 9.49. The van der Waals surface area contributed by atoms with E-state index in [2.05, 4.69) is 67.4 Å². The standard InChI is InChI=1S/C33H47N5O3S.C2H6.H2/c1-21(2)42(22(3)4,23(5)6)17-16-27-18-26(28-20-34-30-15-13-14-24(7)38(28)30)19-29(35-27)36-31(39)25(8)37(12)32(40)41-33(9,10)11;1-2;/h13-15,18-23,25H,1-12H3,(H,35,36,39);1-2H3;1H. The van der Waals surface area contributed by atoms with E-state index in [1.165, 1.54) is 4.90 Å². The molecule has 0 bridgehead atoms. The van der Waals surface area contributed by atoms with Crippen molar-refractivity contribution in [3.05, 3.63) is 47.9 Å². The number of pyridine rings is 2. The largest absolute Gasteiger partial charge is 0.444 e. The van der Waals surface area contributed by atoms with E-state index in [-0.39, 0.29) is 7.33 Å². The van der Waals surface area contributed by atoms with Crippen molar-refractivity contribution in [1.29, 1.82) is 0 Å². The van der Waals surface area contributed by atoms with Gasteiger partial charge in [0, 0.05) is 19.7 Å². The van der Waals surface area contributed by atoms with Crippen molar-refractivity contribution in [2.45, 2.75) is 117 Å². The number of carbonyl (C=O) groups excluding carboxylic acids is 2. The first-order chi connectivity index (χ1) is 20.5. The molecule has 3 heterocycles. The van der Waals surface area contributed by atoms with Crippen LogP contribution in [0.4, 0.5) is 10.6 Å². The zero-order valence-corrected chi connectivity index (χ0v) is 30.0. The number of hydrogen-bond donors (Lipinski definition) is 1. The van der Waals surface area contributed by atoms with E-state index in [1.54, 1.807) is 34.7 Å². The van der Waals surface area contributed by atoms with Crippen molar-refractivity contribution in [1.82, 2.24) is 19.3 Å². The summed E-state index contributed by atoms with van der Waals surface area (Å²) in [6, 6.07) is 8.96. The molecule has 0 aliphatic carbocycles. The normalized spacial score (nSPS) is 12.8. The molecule has 3 aromatic heterocycles. The summed E-state index contributed by atoms with van der Waals surface area (Å²) in [6.07, 6.45) is 1.25. The minimum Gasteiger partial charge on any atom is -0.444 e. The first-order valence-corrected chi connectivity index (χ1v) is 17.3. The summed E-state index contributed by atoms with van der Waals surface area (Å²) in [6.45, 7) is 26.6. The lowest BCUT2D eigenvalue weighted by molar-refractivity contribution is -0.120. The highest BCUT2D eigenvalue weighted by molar-refractivity contribution is 8.38. The summed E-state index contributed by atoms with van der Waals surface area (Å²) in [5.41, 5.74) is 3.47. The summed E-state index contributed by atoms with van der Waals surface area (Å²) in [4.78, 5) is 36.6. The first kappa shape index (κ1) is 36.7. The fourth-order valence-electron chi connectivity index (χ4n) is 5.24. The Morgan fingerprint density at radius 3 is 2.16 bits per heavy atom. The Kier molecular flexibility index (Phi) is 12.5. The number of anilines is 1. The summed E-state index contributed by atoms with van der Waals surface area (Å²) >= 11 is 0. The summed E-state index contributed by atoms with van der Waals surface area (Å²) in [7, 11) is 0.246. The van der Waals surface area contributed by atoms with Gasteiger partial charge in [-0.25, -0.2) is 14.8 Å². The van der Waals surface area contributed by atoms with Gasteiger partial charge in [0.2, 0.25) is 5.91 Å². The van der Waals surface area contributed by atoms with Crippen LogP contribution < -0.4 is 5.32 Å². The van der Waals surface area contributed by atoms with E-state index in [0.717, 1.165) is 22.6 Å². The van der Waals surface area contributed by atoms with Gasteiger partial charge in [-0.2, -0.15) is 10.0 Å². The van der Waals surface area contributed by atoms with Crippen molar-refractivity contribution in [2.24, 2.45) is 0 Å². The maximum Gasteiger partial charge on any atom is 0.410 e. The number of hydrogen-bond acceptors (Lipinski definition) is 5. The SMILES string of the molecule is CC.Cc1cccc2ncc(-c3cc(C#CS(C(C)C)(C(C)C)C(C)C)nc(NC(=O)C(C)N(C)C(=O)OC(C)(C)C)c3)n12.[HH]. The predicted molar refractivity (Wildman–Crippen MR) is 189 cm³/mol. The molecular formula is C35H55N5O3S. The van der Waals surface area contributed by atoms with Crippen LogP contribution in [0.1, 0.15) is 95.9 Å². The molecule has 3 rings (SSSR count). The third-order valence-corrected chi connectivity index (χ3v) is 12.6. The van der Waals surface area contributed by atoms with Gasteiger partial charge in [-0.05, 0) is 85.8 Å². The van der Waals surface area contributed by atoms with Crippen LogP contribution in [-0.4, -0.2) is 65.7 Å². The number of rotatable bonds is 7. The average Bonchev–Trinajstić information content (AvgIpc) is 3.37. The molecular weight excluding hydrogens is 570 g/mol. The van der Waals surface area contributed by atoms with Crippen LogP contribution in [0.2, 0.25) is 0 Å². The molecule has 1 atom stereocenters. The van der Waals surface area contributed by atoms with E-state index < -0.39 is 27.8 Å². The highest BCUT2D eigenvalue weighted by atomic mass is 32.3. The van der Waals surface area contributed by atoms with E-state index in [1.807, 2.05) is 57.3 Å². The Morgan fingerprint density at radius 2 is 1.61 bits per heavy atom. The molecule has 0 fully saturated rings. The van der Waals surface area contributed by atoms with Crippen LogP contribution in [0.5, 0.6) is 0 Å². The second kappa shape index (κ2) is 15.0. The number of nitrogens with zero attached hydrogens (tertiary/aromatic N) is 4. The van der Waals surface area contributed by atoms with Gasteiger partial charge < -0.3 is 10.1 Å². The van der Waals surface area contributed by atoms with Crippen molar-refractivity contribution < 1.29 is 15.8 Å². The molecule has 0 aliphatic heterocycles. The smallest absolute Gasteiger partial charge is 0.410 e. The molecule has 0 saturated carbocycles. The Bertz CT molecular complexity index is 1490. The molecule has 44 heavy (non-hydrogen) atoms. The first-order valence-electron chi connectivity index (χ1n) is 15.5. The minimum absolute atomic E-state index is 0. The molecule has 0 radical (unpaired) electrons. The number of nitrogens with one attached hydrogen (secondary N) is 1. The van der Waals surface area contributed by atoms with Crippen molar-refractivity contribution in [2.75, 3.05) is 12.4 Å². The maximum atomic E-state index is 13.3. The number of fused-ring (bicyclic) bond motifs is 1. The summed E-state index contributed by atoms with van der Waals surface area (Å²) in [5.74, 6) is 3.39. The number of carbonyl (C=O) groups is 2. The van der Waals surface area contributed by atoms with Crippen LogP contribution in [-0.2, 0) is 9.53 Å². The van der Waals surface area contributed by atoms with Crippen LogP contribution in [0.15, 0.2) is 36.5 Å². The summed E-state index contributed by atoms with van der Waals surface area (Å²) < 4.78 is 7.52. The number of likely N-dealkylation sites (N-methyl/N-ethyl adjacent to an activating group) is 1. The molecule has 0 saturated heterocycles. The monoisotopic (exact) mass is 625 g/mol. The Labute approximate surface area is 268 Å². The molecule has 1 N–H and O–H groups in total. The summed E-state index contributed by atoms with van der Waals surface area (Å²) in [5, 5.41) is 7.86. The predicted octanol–water partition coefficient (Wildman–Crippen LogP) is 8.51. The van der Waals surface area contributed by atoms with Crippen molar-refractivity contribution >= 4 is 33.5 Å². The maximum absolute atomic E-state index is 13.3. The third-order valence-electron chi connectivity index (χ3n) is 7.43. The number of aryl methyl sites for hydroxylation is 1. The Hall–Kier alpha value is -3.51. The van der Waals surface area contributed by atoms with E-state index in [9.17, 15) is 9.59 Å². The molecule has 0 aromatic carbocycles. The van der Waals surface area contributed by atoms with Gasteiger partial charge in [-0.1, -0.05) is 61.5 Å². The number of ether oxygens (including phenoxy) is 1. The lowest BCUT2D eigenvalue weighted by Crippen LogP contribution is -2.45. The lowest BCUT2D eigenvalue weighted by Gasteiger charge is -2.46. The molecule has 3 aromatic rings. The zero-order chi connectivity index (χ0) is 33.6. The van der Waals surface area contributed by atoms with Gasteiger partial charge in [0.25, 0.3) is 0 Å². The third kappa shape index (κ3) is 8.35. The van der Waals surface area contributed by atoms with Gasteiger partial charge in [-0.15, -0.1) is 0 Å². The molecule has 0 aliphatic rings. The topological polar surface area (TPSA) is 88.8 Å².